The molecule has 178 valence electrons. The summed E-state index contributed by atoms with van der Waals surface area (Å²) in [5, 5.41) is 4.66. The molecule has 4 aromatic rings. The highest BCUT2D eigenvalue weighted by molar-refractivity contribution is 7.12. The molecule has 5 heterocycles. The molecule has 1 aliphatic carbocycles. The van der Waals surface area contributed by atoms with Crippen LogP contribution in [0.3, 0.4) is 0 Å². The quantitative estimate of drug-likeness (QED) is 0.366. The van der Waals surface area contributed by atoms with Crippen molar-refractivity contribution in [1.29, 1.82) is 0 Å². The number of likely N-dealkylation sites (tertiary alicyclic amines) is 1. The van der Waals surface area contributed by atoms with Gasteiger partial charge in [-0.1, -0.05) is 6.07 Å². The Morgan fingerprint density at radius 3 is 2.71 bits per heavy atom. The second-order valence-electron chi connectivity index (χ2n) is 9.49. The number of thiophene rings is 1. The van der Waals surface area contributed by atoms with E-state index in [0.29, 0.717) is 17.4 Å². The highest BCUT2D eigenvalue weighted by Crippen LogP contribution is 2.43. The van der Waals surface area contributed by atoms with Gasteiger partial charge in [0.05, 0.1) is 29.2 Å². The Bertz CT molecular complexity index is 1370. The van der Waals surface area contributed by atoms with Gasteiger partial charge in [0, 0.05) is 46.4 Å². The highest BCUT2D eigenvalue weighted by atomic mass is 32.1. The summed E-state index contributed by atoms with van der Waals surface area (Å²) in [6.07, 6.45) is 12.4. The zero-order valence-electron chi connectivity index (χ0n) is 20.0. The van der Waals surface area contributed by atoms with E-state index < -0.39 is 0 Å². The number of carbonyl (C=O) groups excluding carboxylic acids is 1. The number of amides is 1. The van der Waals surface area contributed by atoms with Gasteiger partial charge in [-0.2, -0.15) is 5.10 Å². The minimum absolute atomic E-state index is 0.0461. The highest BCUT2D eigenvalue weighted by Gasteiger charge is 2.37. The van der Waals surface area contributed by atoms with Crippen LogP contribution in [-0.4, -0.2) is 42.1 Å². The number of carbonyl (C=O) groups is 1. The molecular formula is C27H28N6OS. The lowest BCUT2D eigenvalue weighted by Crippen LogP contribution is -2.38. The molecule has 1 atom stereocenters. The van der Waals surface area contributed by atoms with Gasteiger partial charge in [0.15, 0.2) is 0 Å². The van der Waals surface area contributed by atoms with Crippen LogP contribution in [0.25, 0.3) is 17.2 Å². The zero-order valence-corrected chi connectivity index (χ0v) is 20.8. The largest absolute Gasteiger partial charge is 0.331 e. The van der Waals surface area contributed by atoms with E-state index in [2.05, 4.69) is 41.0 Å². The first-order chi connectivity index (χ1) is 17.1. The van der Waals surface area contributed by atoms with Gasteiger partial charge in [0.1, 0.15) is 0 Å². The van der Waals surface area contributed by atoms with Crippen molar-refractivity contribution in [3.63, 3.8) is 0 Å². The summed E-state index contributed by atoms with van der Waals surface area (Å²) in [5.74, 6) is 0.886. The van der Waals surface area contributed by atoms with Crippen LogP contribution in [0.1, 0.15) is 75.4 Å². The minimum Gasteiger partial charge on any atom is -0.331 e. The molecule has 0 bridgehead atoms. The van der Waals surface area contributed by atoms with E-state index in [9.17, 15) is 4.79 Å². The van der Waals surface area contributed by atoms with E-state index in [4.69, 9.17) is 4.98 Å². The summed E-state index contributed by atoms with van der Waals surface area (Å²) in [6, 6.07) is 8.17. The van der Waals surface area contributed by atoms with Gasteiger partial charge in [-0.05, 0) is 69.7 Å². The van der Waals surface area contributed by atoms with E-state index in [0.717, 1.165) is 61.2 Å². The van der Waals surface area contributed by atoms with Crippen molar-refractivity contribution < 1.29 is 4.79 Å². The Hall–Kier alpha value is -3.39. The van der Waals surface area contributed by atoms with Crippen LogP contribution in [-0.2, 0) is 0 Å². The molecule has 2 fully saturated rings. The SMILES string of the molecule is Cc1cc(-c2ccnc(-n3ncc(C(=O)N4CCCC[C@H]4c4cccnc4)c3C3CC3)n2)c(C)s1. The van der Waals surface area contributed by atoms with Gasteiger partial charge in [0.2, 0.25) is 0 Å². The van der Waals surface area contributed by atoms with E-state index in [1.807, 2.05) is 23.2 Å². The van der Waals surface area contributed by atoms with Gasteiger partial charge in [-0.25, -0.2) is 14.6 Å². The number of hydrogen-bond acceptors (Lipinski definition) is 6. The minimum atomic E-state index is 0.0461. The normalized spacial score (nSPS) is 18.1. The van der Waals surface area contributed by atoms with Crippen LogP contribution in [0, 0.1) is 13.8 Å². The van der Waals surface area contributed by atoms with E-state index >= 15 is 0 Å². The molecule has 0 spiro atoms. The Morgan fingerprint density at radius 1 is 1.09 bits per heavy atom. The van der Waals surface area contributed by atoms with Gasteiger partial charge < -0.3 is 4.90 Å². The van der Waals surface area contributed by atoms with Crippen molar-refractivity contribution in [3.8, 4) is 17.2 Å². The van der Waals surface area contributed by atoms with Crippen LogP contribution in [0.5, 0.6) is 0 Å². The molecule has 1 saturated carbocycles. The number of pyridine rings is 1. The maximum atomic E-state index is 13.9. The number of nitrogens with zero attached hydrogens (tertiary/aromatic N) is 6. The number of aryl methyl sites for hydroxylation is 2. The molecule has 1 amide bonds. The van der Waals surface area contributed by atoms with Crippen molar-refractivity contribution in [2.75, 3.05) is 6.54 Å². The fraction of sp³-hybridized carbons (Fsp3) is 0.370. The number of aromatic nitrogens is 5. The van der Waals surface area contributed by atoms with Crippen molar-refractivity contribution in [2.45, 2.75) is 57.9 Å². The van der Waals surface area contributed by atoms with E-state index in [-0.39, 0.29) is 11.9 Å². The fourth-order valence-corrected chi connectivity index (χ4v) is 6.10. The van der Waals surface area contributed by atoms with E-state index in [1.54, 1.807) is 34.6 Å². The summed E-state index contributed by atoms with van der Waals surface area (Å²) in [7, 11) is 0. The average molecular weight is 485 g/mol. The molecule has 1 aliphatic heterocycles. The Balaban J connectivity index is 1.37. The third-order valence-corrected chi connectivity index (χ3v) is 7.95. The van der Waals surface area contributed by atoms with Crippen LogP contribution in [0.4, 0.5) is 0 Å². The molecule has 7 nitrogen and oxygen atoms in total. The zero-order chi connectivity index (χ0) is 23.9. The number of hydrogen-bond donors (Lipinski definition) is 0. The molecule has 0 unspecified atom stereocenters. The summed E-state index contributed by atoms with van der Waals surface area (Å²) in [4.78, 5) is 32.2. The lowest BCUT2D eigenvalue weighted by atomic mass is 9.95. The predicted molar refractivity (Wildman–Crippen MR) is 136 cm³/mol. The molecule has 4 aromatic heterocycles. The molecule has 6 rings (SSSR count). The first-order valence-corrected chi connectivity index (χ1v) is 13.1. The third-order valence-electron chi connectivity index (χ3n) is 6.98. The smallest absolute Gasteiger partial charge is 0.257 e. The van der Waals surface area contributed by atoms with Crippen molar-refractivity contribution in [3.05, 3.63) is 75.6 Å². The average Bonchev–Trinajstić information content (AvgIpc) is 3.54. The molecule has 2 aliphatic rings. The molecule has 1 saturated heterocycles. The summed E-state index contributed by atoms with van der Waals surface area (Å²) in [5.41, 5.74) is 4.73. The van der Waals surface area contributed by atoms with Crippen molar-refractivity contribution in [1.82, 2.24) is 29.6 Å². The van der Waals surface area contributed by atoms with E-state index in [1.165, 1.54) is 9.75 Å². The Labute approximate surface area is 208 Å². The van der Waals surface area contributed by atoms with Gasteiger partial charge in [-0.15, -0.1) is 11.3 Å². The lowest BCUT2D eigenvalue weighted by molar-refractivity contribution is 0.0610. The predicted octanol–water partition coefficient (Wildman–Crippen LogP) is 5.65. The van der Waals surface area contributed by atoms with Gasteiger partial charge in [0.25, 0.3) is 11.9 Å². The first kappa shape index (κ1) is 22.1. The Morgan fingerprint density at radius 2 is 1.97 bits per heavy atom. The molecule has 0 radical (unpaired) electrons. The molecule has 0 N–H and O–H groups in total. The third kappa shape index (κ3) is 4.16. The van der Waals surface area contributed by atoms with Gasteiger partial charge >= 0.3 is 0 Å². The Kier molecular flexibility index (Phi) is 5.68. The summed E-state index contributed by atoms with van der Waals surface area (Å²) >= 11 is 1.77. The molecule has 35 heavy (non-hydrogen) atoms. The maximum absolute atomic E-state index is 13.9. The topological polar surface area (TPSA) is 76.8 Å². The summed E-state index contributed by atoms with van der Waals surface area (Å²) in [6.45, 7) is 4.97. The van der Waals surface area contributed by atoms with Crippen LogP contribution in [0.2, 0.25) is 0 Å². The van der Waals surface area contributed by atoms with Crippen molar-refractivity contribution in [2.24, 2.45) is 0 Å². The second kappa shape index (κ2) is 9.00. The number of piperidine rings is 1. The monoisotopic (exact) mass is 484 g/mol. The van der Waals surface area contributed by atoms with Crippen LogP contribution < -0.4 is 0 Å². The van der Waals surface area contributed by atoms with Crippen molar-refractivity contribution >= 4 is 17.2 Å². The van der Waals surface area contributed by atoms with Gasteiger partial charge in [-0.3, -0.25) is 9.78 Å². The fourth-order valence-electron chi connectivity index (χ4n) is 5.17. The first-order valence-electron chi connectivity index (χ1n) is 12.3. The van der Waals surface area contributed by atoms with Crippen LogP contribution in [0.15, 0.2) is 49.1 Å². The molecule has 0 aromatic carbocycles. The molecular weight excluding hydrogens is 456 g/mol. The number of rotatable bonds is 5. The lowest BCUT2D eigenvalue weighted by Gasteiger charge is -2.36. The molecule has 8 heteroatoms. The summed E-state index contributed by atoms with van der Waals surface area (Å²) < 4.78 is 1.80. The maximum Gasteiger partial charge on any atom is 0.257 e. The van der Waals surface area contributed by atoms with Crippen LogP contribution >= 0.6 is 11.3 Å². The standard InChI is InChI=1S/C27H28N6OS/c1-17-14-21(18(2)35-17)23-10-12-29-27(31-23)33-25(19-8-9-19)22(16-30-33)26(34)32-13-4-3-7-24(32)20-6-5-11-28-15-20/h5-6,10-12,14-16,19,24H,3-4,7-9,13H2,1-2H3/t24-/m0/s1. The second-order valence-corrected chi connectivity index (χ2v) is 11.0.